The number of hydrogen-bond donors (Lipinski definition) is 1. The fraction of sp³-hybridized carbons (Fsp3) is 0.379. The van der Waals surface area contributed by atoms with Crippen LogP contribution in [0.4, 0.5) is 0 Å². The number of likely N-dealkylation sites (N-methyl/N-ethyl adjacent to an activating group) is 1. The quantitative estimate of drug-likeness (QED) is 0.513. The summed E-state index contributed by atoms with van der Waals surface area (Å²) in [6.07, 6.45) is 1.53. The standard InChI is InChI=1S/C29H35N3O4/c1-20-16-32(21(2)19-33)29(34)25-14-23(24-12-8-9-13-26(24)35-4)15-30-28(25)36-27(20)18-31(3)17-22-10-6-5-7-11-22/h5-15,20-21,27,33H,16-19H2,1-4H3/t20-,21+,27-/m0/s1. The lowest BCUT2D eigenvalue weighted by Crippen LogP contribution is -2.49. The van der Waals surface area contributed by atoms with Crippen LogP contribution < -0.4 is 9.47 Å². The minimum atomic E-state index is -0.330. The second-order valence-corrected chi connectivity index (χ2v) is 9.58. The third-order valence-corrected chi connectivity index (χ3v) is 6.73. The lowest BCUT2D eigenvalue weighted by atomic mass is 9.99. The minimum Gasteiger partial charge on any atom is -0.496 e. The van der Waals surface area contributed by atoms with E-state index in [0.717, 1.165) is 17.7 Å². The van der Waals surface area contributed by atoms with E-state index < -0.39 is 0 Å². The lowest BCUT2D eigenvalue weighted by Gasteiger charge is -2.37. The van der Waals surface area contributed by atoms with Gasteiger partial charge in [0, 0.05) is 42.9 Å². The summed E-state index contributed by atoms with van der Waals surface area (Å²) in [5, 5.41) is 9.91. The van der Waals surface area contributed by atoms with Crippen molar-refractivity contribution in [2.24, 2.45) is 5.92 Å². The maximum Gasteiger partial charge on any atom is 0.259 e. The molecular weight excluding hydrogens is 454 g/mol. The fourth-order valence-electron chi connectivity index (χ4n) is 4.62. The zero-order chi connectivity index (χ0) is 25.7. The van der Waals surface area contributed by atoms with Gasteiger partial charge in [0.25, 0.3) is 5.91 Å². The molecule has 7 heteroatoms. The Labute approximate surface area is 213 Å². The van der Waals surface area contributed by atoms with Crippen molar-refractivity contribution in [2.75, 3.05) is 33.9 Å². The highest BCUT2D eigenvalue weighted by molar-refractivity contribution is 5.98. The van der Waals surface area contributed by atoms with Crippen molar-refractivity contribution in [1.82, 2.24) is 14.8 Å². The van der Waals surface area contributed by atoms with Crippen LogP contribution in [-0.2, 0) is 6.54 Å². The number of carbonyl (C=O) groups excluding carboxylic acids is 1. The number of para-hydroxylation sites is 1. The molecule has 0 unspecified atom stereocenters. The van der Waals surface area contributed by atoms with Crippen LogP contribution in [-0.4, -0.2) is 71.8 Å². The summed E-state index contributed by atoms with van der Waals surface area (Å²) in [5.41, 5.74) is 3.23. The van der Waals surface area contributed by atoms with Gasteiger partial charge in [-0.1, -0.05) is 55.5 Å². The van der Waals surface area contributed by atoms with Gasteiger partial charge < -0.3 is 19.5 Å². The maximum atomic E-state index is 13.7. The van der Waals surface area contributed by atoms with Crippen LogP contribution in [0.15, 0.2) is 66.9 Å². The summed E-state index contributed by atoms with van der Waals surface area (Å²) in [6.45, 7) is 5.76. The number of aromatic nitrogens is 1. The largest absolute Gasteiger partial charge is 0.496 e. The molecule has 0 bridgehead atoms. The van der Waals surface area contributed by atoms with Gasteiger partial charge in [-0.25, -0.2) is 4.98 Å². The molecule has 0 aliphatic carbocycles. The van der Waals surface area contributed by atoms with E-state index in [9.17, 15) is 9.90 Å². The Kier molecular flexibility index (Phi) is 8.23. The van der Waals surface area contributed by atoms with Gasteiger partial charge in [-0.2, -0.15) is 0 Å². The van der Waals surface area contributed by atoms with Crippen molar-refractivity contribution in [3.8, 4) is 22.8 Å². The predicted octanol–water partition coefficient (Wildman–Crippen LogP) is 4.11. The number of hydrogen-bond acceptors (Lipinski definition) is 6. The van der Waals surface area contributed by atoms with Gasteiger partial charge in [-0.05, 0) is 31.7 Å². The summed E-state index contributed by atoms with van der Waals surface area (Å²) in [6, 6.07) is 19.4. The van der Waals surface area contributed by atoms with Crippen LogP contribution in [0.2, 0.25) is 0 Å². The first-order valence-corrected chi connectivity index (χ1v) is 12.4. The van der Waals surface area contributed by atoms with Crippen molar-refractivity contribution in [3.63, 3.8) is 0 Å². The Morgan fingerprint density at radius 3 is 2.61 bits per heavy atom. The average molecular weight is 490 g/mol. The molecule has 36 heavy (non-hydrogen) atoms. The third-order valence-electron chi connectivity index (χ3n) is 6.73. The van der Waals surface area contributed by atoms with Gasteiger partial charge in [0.05, 0.1) is 19.8 Å². The molecule has 3 aromatic rings. The maximum absolute atomic E-state index is 13.7. The van der Waals surface area contributed by atoms with Crippen molar-refractivity contribution < 1.29 is 19.4 Å². The number of nitrogens with zero attached hydrogens (tertiary/aromatic N) is 3. The van der Waals surface area contributed by atoms with E-state index >= 15 is 0 Å². The highest BCUT2D eigenvalue weighted by Gasteiger charge is 2.34. The van der Waals surface area contributed by atoms with Crippen LogP contribution >= 0.6 is 0 Å². The fourth-order valence-corrected chi connectivity index (χ4v) is 4.62. The third kappa shape index (κ3) is 5.69. The van der Waals surface area contributed by atoms with Gasteiger partial charge in [0.15, 0.2) is 0 Å². The first-order chi connectivity index (χ1) is 17.4. The monoisotopic (exact) mass is 489 g/mol. The van der Waals surface area contributed by atoms with E-state index in [1.165, 1.54) is 5.56 Å². The normalized spacial score (nSPS) is 18.7. The SMILES string of the molecule is COc1ccccc1-c1cnc2c(c1)C(=O)N([C@H](C)CO)C[C@H](C)[C@H](CN(C)Cc1ccccc1)O2. The van der Waals surface area contributed by atoms with E-state index in [-0.39, 0.29) is 30.6 Å². The molecular formula is C29H35N3O4. The summed E-state index contributed by atoms with van der Waals surface area (Å²) in [5.74, 6) is 0.857. The molecule has 0 fully saturated rings. The zero-order valence-electron chi connectivity index (χ0n) is 21.4. The predicted molar refractivity (Wildman–Crippen MR) is 140 cm³/mol. The highest BCUT2D eigenvalue weighted by atomic mass is 16.5. The molecule has 1 N–H and O–H groups in total. The van der Waals surface area contributed by atoms with Crippen LogP contribution in [0.25, 0.3) is 11.1 Å². The van der Waals surface area contributed by atoms with Crippen molar-refractivity contribution in [2.45, 2.75) is 32.5 Å². The van der Waals surface area contributed by atoms with Crippen LogP contribution in [0, 0.1) is 5.92 Å². The smallest absolute Gasteiger partial charge is 0.259 e. The molecule has 0 radical (unpaired) electrons. The van der Waals surface area contributed by atoms with E-state index in [1.807, 2.05) is 55.5 Å². The molecule has 2 heterocycles. The highest BCUT2D eigenvalue weighted by Crippen LogP contribution is 2.34. The van der Waals surface area contributed by atoms with E-state index in [0.29, 0.717) is 30.3 Å². The minimum absolute atomic E-state index is 0.0324. The average Bonchev–Trinajstić information content (AvgIpc) is 2.90. The molecule has 7 nitrogen and oxygen atoms in total. The summed E-state index contributed by atoms with van der Waals surface area (Å²) < 4.78 is 12.0. The van der Waals surface area contributed by atoms with Crippen molar-refractivity contribution in [3.05, 3.63) is 78.0 Å². The number of pyridine rings is 1. The Bertz CT molecular complexity index is 1170. The number of aliphatic hydroxyl groups is 1. The first kappa shape index (κ1) is 25.7. The molecule has 1 aliphatic heterocycles. The Morgan fingerprint density at radius 2 is 1.89 bits per heavy atom. The Balaban J connectivity index is 1.68. The second kappa shape index (κ2) is 11.5. The van der Waals surface area contributed by atoms with Gasteiger partial charge in [0.2, 0.25) is 5.88 Å². The first-order valence-electron chi connectivity index (χ1n) is 12.4. The van der Waals surface area contributed by atoms with E-state index in [2.05, 4.69) is 36.0 Å². The molecule has 0 saturated carbocycles. The zero-order valence-corrected chi connectivity index (χ0v) is 21.4. The number of rotatable bonds is 8. The lowest BCUT2D eigenvalue weighted by molar-refractivity contribution is 0.0325. The van der Waals surface area contributed by atoms with E-state index in [1.54, 1.807) is 18.2 Å². The molecule has 3 atom stereocenters. The van der Waals surface area contributed by atoms with E-state index in [4.69, 9.17) is 9.47 Å². The molecule has 190 valence electrons. The molecule has 4 rings (SSSR count). The summed E-state index contributed by atoms with van der Waals surface area (Å²) in [7, 11) is 3.69. The number of methoxy groups -OCH3 is 1. The number of carbonyl (C=O) groups is 1. The van der Waals surface area contributed by atoms with Gasteiger partial charge in [-0.3, -0.25) is 9.69 Å². The summed E-state index contributed by atoms with van der Waals surface area (Å²) in [4.78, 5) is 22.3. The van der Waals surface area contributed by atoms with Crippen LogP contribution in [0.5, 0.6) is 11.6 Å². The van der Waals surface area contributed by atoms with Crippen LogP contribution in [0.3, 0.4) is 0 Å². The summed E-state index contributed by atoms with van der Waals surface area (Å²) >= 11 is 0. The molecule has 1 aliphatic rings. The van der Waals surface area contributed by atoms with Crippen LogP contribution in [0.1, 0.15) is 29.8 Å². The molecule has 0 saturated heterocycles. The number of ether oxygens (including phenoxy) is 2. The molecule has 0 spiro atoms. The number of fused-ring (bicyclic) bond motifs is 1. The topological polar surface area (TPSA) is 75.1 Å². The van der Waals surface area contributed by atoms with Crippen molar-refractivity contribution in [1.29, 1.82) is 0 Å². The number of amides is 1. The van der Waals surface area contributed by atoms with Gasteiger partial charge in [0.1, 0.15) is 17.4 Å². The Morgan fingerprint density at radius 1 is 1.17 bits per heavy atom. The van der Waals surface area contributed by atoms with Gasteiger partial charge >= 0.3 is 0 Å². The number of aliphatic hydroxyl groups excluding tert-OH is 1. The molecule has 1 amide bonds. The molecule has 2 aromatic carbocycles. The Hall–Kier alpha value is -3.42. The van der Waals surface area contributed by atoms with Crippen molar-refractivity contribution >= 4 is 5.91 Å². The second-order valence-electron chi connectivity index (χ2n) is 9.58. The van der Waals surface area contributed by atoms with Gasteiger partial charge in [-0.15, -0.1) is 0 Å². The number of benzene rings is 2. The molecule has 1 aromatic heterocycles.